The van der Waals surface area contributed by atoms with Gasteiger partial charge in [0.15, 0.2) is 0 Å². The molecule has 150 valence electrons. The number of carbonyl (C=O) groups is 3. The van der Waals surface area contributed by atoms with Gasteiger partial charge in [-0.05, 0) is 56.8 Å². The molecule has 3 unspecified atom stereocenters. The van der Waals surface area contributed by atoms with Gasteiger partial charge in [-0.15, -0.1) is 0 Å². The Bertz CT molecular complexity index is 635. The molecule has 3 atom stereocenters. The van der Waals surface area contributed by atoms with Crippen molar-refractivity contribution in [2.24, 2.45) is 11.5 Å². The number of aliphatic carboxylic acids is 1. The second-order valence-electron chi connectivity index (χ2n) is 6.39. The van der Waals surface area contributed by atoms with Crippen molar-refractivity contribution >= 4 is 17.8 Å². The van der Waals surface area contributed by atoms with Crippen LogP contribution in [0.25, 0.3) is 0 Å². The number of aromatic hydroxyl groups is 1. The number of nitrogens with two attached hydrogens (primary N) is 2. The highest BCUT2D eigenvalue weighted by atomic mass is 16.4. The van der Waals surface area contributed by atoms with Crippen LogP contribution in [0.5, 0.6) is 5.75 Å². The minimum absolute atomic E-state index is 0.113. The number of unbranched alkanes of at least 4 members (excludes halogenated alkanes) is 1. The van der Waals surface area contributed by atoms with Crippen molar-refractivity contribution < 1.29 is 24.6 Å². The van der Waals surface area contributed by atoms with Crippen LogP contribution >= 0.6 is 0 Å². The van der Waals surface area contributed by atoms with E-state index in [1.165, 1.54) is 19.1 Å². The Balaban J connectivity index is 2.52. The lowest BCUT2D eigenvalue weighted by Gasteiger charge is -2.20. The van der Waals surface area contributed by atoms with Gasteiger partial charge in [-0.1, -0.05) is 12.1 Å². The van der Waals surface area contributed by atoms with Gasteiger partial charge in [-0.2, -0.15) is 0 Å². The number of phenols is 1. The van der Waals surface area contributed by atoms with Crippen LogP contribution in [0.15, 0.2) is 24.3 Å². The number of nitrogens with one attached hydrogen (secondary N) is 2. The van der Waals surface area contributed by atoms with E-state index in [-0.39, 0.29) is 18.6 Å². The minimum atomic E-state index is -1.14. The molecule has 1 aromatic rings. The van der Waals surface area contributed by atoms with Crippen LogP contribution in [-0.2, 0) is 20.8 Å². The molecule has 0 heterocycles. The highest BCUT2D eigenvalue weighted by molar-refractivity contribution is 5.91. The molecule has 1 rings (SSSR count). The number of amides is 2. The molecular weight excluding hydrogens is 352 g/mol. The van der Waals surface area contributed by atoms with Crippen LogP contribution in [0.4, 0.5) is 0 Å². The number of carbonyl (C=O) groups excluding carboxylic acids is 2. The fourth-order valence-corrected chi connectivity index (χ4v) is 2.41. The number of rotatable bonds is 11. The van der Waals surface area contributed by atoms with E-state index in [4.69, 9.17) is 11.5 Å². The van der Waals surface area contributed by atoms with Crippen LogP contribution in [0.3, 0.4) is 0 Å². The average Bonchev–Trinajstić information content (AvgIpc) is 2.62. The Morgan fingerprint density at radius 3 is 2.26 bits per heavy atom. The highest BCUT2D eigenvalue weighted by Crippen LogP contribution is 2.11. The van der Waals surface area contributed by atoms with Crippen molar-refractivity contribution in [2.75, 3.05) is 6.54 Å². The molecular formula is C18H28N4O5. The van der Waals surface area contributed by atoms with E-state index < -0.39 is 35.9 Å². The standard InChI is InChI=1S/C18H28N4O5/c1-11(16(24)22-15(18(26)27)4-2-3-9-19)21-17(25)14(20)10-12-5-7-13(23)8-6-12/h5-8,11,14-15,23H,2-4,9-10,19-20H2,1H3,(H,21,25)(H,22,24)(H,26,27). The normalized spacial score (nSPS) is 14.0. The molecule has 0 aliphatic carbocycles. The van der Waals surface area contributed by atoms with Crippen molar-refractivity contribution in [1.29, 1.82) is 0 Å². The molecule has 2 amide bonds. The van der Waals surface area contributed by atoms with Gasteiger partial charge < -0.3 is 32.3 Å². The first-order valence-corrected chi connectivity index (χ1v) is 8.81. The van der Waals surface area contributed by atoms with Gasteiger partial charge in [0.2, 0.25) is 11.8 Å². The van der Waals surface area contributed by atoms with Crippen molar-refractivity contribution in [1.82, 2.24) is 10.6 Å². The smallest absolute Gasteiger partial charge is 0.326 e. The highest BCUT2D eigenvalue weighted by Gasteiger charge is 2.25. The summed E-state index contributed by atoms with van der Waals surface area (Å²) in [5.74, 6) is -2.15. The monoisotopic (exact) mass is 380 g/mol. The Labute approximate surface area is 158 Å². The fraction of sp³-hybridized carbons (Fsp3) is 0.500. The molecule has 0 fully saturated rings. The molecule has 8 N–H and O–H groups in total. The lowest BCUT2D eigenvalue weighted by atomic mass is 10.1. The number of benzene rings is 1. The maximum absolute atomic E-state index is 12.2. The quantitative estimate of drug-likeness (QED) is 0.280. The Morgan fingerprint density at radius 1 is 1.07 bits per heavy atom. The summed E-state index contributed by atoms with van der Waals surface area (Å²) in [6.45, 7) is 1.91. The Hall–Kier alpha value is -2.65. The third kappa shape index (κ3) is 8.06. The van der Waals surface area contributed by atoms with Crippen molar-refractivity contribution in [3.05, 3.63) is 29.8 Å². The third-order valence-electron chi connectivity index (χ3n) is 4.04. The molecule has 0 aliphatic heterocycles. The number of phenolic OH excluding ortho intramolecular Hbond substituents is 1. The summed E-state index contributed by atoms with van der Waals surface area (Å²) >= 11 is 0. The summed E-state index contributed by atoms with van der Waals surface area (Å²) in [6.07, 6.45) is 1.74. The van der Waals surface area contributed by atoms with E-state index in [0.29, 0.717) is 19.4 Å². The molecule has 9 nitrogen and oxygen atoms in total. The van der Waals surface area contributed by atoms with E-state index in [0.717, 1.165) is 5.56 Å². The molecule has 9 heteroatoms. The van der Waals surface area contributed by atoms with Gasteiger partial charge >= 0.3 is 5.97 Å². The van der Waals surface area contributed by atoms with Crippen LogP contribution in [0, 0.1) is 0 Å². The zero-order valence-corrected chi connectivity index (χ0v) is 15.4. The number of carboxylic acids is 1. The molecule has 0 aromatic heterocycles. The average molecular weight is 380 g/mol. The first-order valence-electron chi connectivity index (χ1n) is 8.81. The number of carboxylic acid groups (broad SMARTS) is 1. The van der Waals surface area contributed by atoms with Crippen molar-refractivity contribution in [3.63, 3.8) is 0 Å². The number of hydrogen-bond donors (Lipinski definition) is 6. The van der Waals surface area contributed by atoms with E-state index in [1.807, 2.05) is 0 Å². The van der Waals surface area contributed by atoms with E-state index in [2.05, 4.69) is 10.6 Å². The van der Waals surface area contributed by atoms with E-state index in [9.17, 15) is 24.6 Å². The number of hydrogen-bond acceptors (Lipinski definition) is 6. The molecule has 0 saturated heterocycles. The molecule has 0 bridgehead atoms. The molecule has 0 radical (unpaired) electrons. The zero-order valence-electron chi connectivity index (χ0n) is 15.4. The predicted octanol–water partition coefficient (Wildman–Crippen LogP) is -0.535. The molecule has 0 saturated carbocycles. The maximum Gasteiger partial charge on any atom is 0.326 e. The fourth-order valence-electron chi connectivity index (χ4n) is 2.41. The van der Waals surface area contributed by atoms with Crippen LogP contribution < -0.4 is 22.1 Å². The topological polar surface area (TPSA) is 168 Å². The molecule has 0 aliphatic rings. The molecule has 27 heavy (non-hydrogen) atoms. The Morgan fingerprint density at radius 2 is 1.70 bits per heavy atom. The first-order chi connectivity index (χ1) is 12.7. The minimum Gasteiger partial charge on any atom is -0.508 e. The van der Waals surface area contributed by atoms with Crippen LogP contribution in [0.1, 0.15) is 31.7 Å². The summed E-state index contributed by atoms with van der Waals surface area (Å²) in [5, 5.41) is 23.3. The first kappa shape index (κ1) is 22.4. The van der Waals surface area contributed by atoms with Gasteiger partial charge in [0.05, 0.1) is 6.04 Å². The van der Waals surface area contributed by atoms with Gasteiger partial charge in [0.25, 0.3) is 0 Å². The van der Waals surface area contributed by atoms with Crippen LogP contribution in [-0.4, -0.2) is 52.7 Å². The van der Waals surface area contributed by atoms with Crippen LogP contribution in [0.2, 0.25) is 0 Å². The lowest BCUT2D eigenvalue weighted by Crippen LogP contribution is -2.53. The second kappa shape index (κ2) is 11.1. The predicted molar refractivity (Wildman–Crippen MR) is 99.9 cm³/mol. The van der Waals surface area contributed by atoms with Crippen molar-refractivity contribution in [3.8, 4) is 5.75 Å². The van der Waals surface area contributed by atoms with E-state index in [1.54, 1.807) is 12.1 Å². The second-order valence-corrected chi connectivity index (χ2v) is 6.39. The largest absolute Gasteiger partial charge is 0.508 e. The van der Waals surface area contributed by atoms with Crippen molar-refractivity contribution in [2.45, 2.75) is 50.7 Å². The zero-order chi connectivity index (χ0) is 20.4. The van der Waals surface area contributed by atoms with Gasteiger partial charge in [-0.25, -0.2) is 4.79 Å². The summed E-state index contributed by atoms with van der Waals surface area (Å²) in [7, 11) is 0. The summed E-state index contributed by atoms with van der Waals surface area (Å²) in [4.78, 5) is 35.6. The SMILES string of the molecule is CC(NC(=O)C(N)Cc1ccc(O)cc1)C(=O)NC(CCCCN)C(=O)O. The summed E-state index contributed by atoms with van der Waals surface area (Å²) in [5.41, 5.74) is 12.0. The van der Waals surface area contributed by atoms with Gasteiger partial charge in [0.1, 0.15) is 17.8 Å². The maximum atomic E-state index is 12.2. The molecule has 1 aromatic carbocycles. The Kier molecular flexibility index (Phi) is 9.24. The van der Waals surface area contributed by atoms with Gasteiger partial charge in [0, 0.05) is 0 Å². The third-order valence-corrected chi connectivity index (χ3v) is 4.04. The summed E-state index contributed by atoms with van der Waals surface area (Å²) in [6, 6.07) is 3.44. The molecule has 0 spiro atoms. The summed E-state index contributed by atoms with van der Waals surface area (Å²) < 4.78 is 0. The van der Waals surface area contributed by atoms with Gasteiger partial charge in [-0.3, -0.25) is 9.59 Å². The van der Waals surface area contributed by atoms with E-state index >= 15 is 0 Å². The lowest BCUT2D eigenvalue weighted by molar-refractivity contribution is -0.142.